The first kappa shape index (κ1) is 14.6. The van der Waals surface area contributed by atoms with E-state index >= 15 is 0 Å². The molecule has 0 aliphatic rings. The Morgan fingerprint density at radius 2 is 2.10 bits per heavy atom. The molecule has 6 nitrogen and oxygen atoms in total. The van der Waals surface area contributed by atoms with E-state index in [1.54, 1.807) is 12.1 Å². The fraction of sp³-hybridized carbons (Fsp3) is 0.0833. The minimum atomic E-state index is -3.92. The Morgan fingerprint density at radius 3 is 2.70 bits per heavy atom. The maximum atomic E-state index is 11.9. The van der Waals surface area contributed by atoms with Gasteiger partial charge in [-0.25, -0.2) is 13.6 Å². The van der Waals surface area contributed by atoms with Crippen molar-refractivity contribution in [3.05, 3.63) is 52.9 Å². The van der Waals surface area contributed by atoms with E-state index in [9.17, 15) is 13.2 Å². The number of benzene rings is 1. The van der Waals surface area contributed by atoms with Crippen molar-refractivity contribution in [3.8, 4) is 0 Å². The zero-order valence-electron chi connectivity index (χ0n) is 10.2. The van der Waals surface area contributed by atoms with Crippen molar-refractivity contribution in [2.24, 2.45) is 5.14 Å². The lowest BCUT2D eigenvalue weighted by atomic mass is 10.2. The lowest BCUT2D eigenvalue weighted by molar-refractivity contribution is 0.0948. The van der Waals surface area contributed by atoms with Crippen LogP contribution in [-0.2, 0) is 16.6 Å². The van der Waals surface area contributed by atoms with Gasteiger partial charge in [-0.3, -0.25) is 4.79 Å². The van der Waals surface area contributed by atoms with E-state index < -0.39 is 15.9 Å². The van der Waals surface area contributed by atoms with Crippen LogP contribution in [0.15, 0.2) is 45.9 Å². The number of hydrogen-bond donors (Lipinski definition) is 2. The SMILES string of the molecule is NS(=O)(=O)c1cc(Cl)cc(C(=O)NCc2ccco2)c1. The summed E-state index contributed by atoms with van der Waals surface area (Å²) in [5.41, 5.74) is 0.105. The summed E-state index contributed by atoms with van der Waals surface area (Å²) in [5, 5.41) is 7.70. The first-order valence-corrected chi connectivity index (χ1v) is 7.42. The second-order valence-corrected chi connectivity index (χ2v) is 5.98. The normalized spacial score (nSPS) is 11.3. The highest BCUT2D eigenvalue weighted by atomic mass is 35.5. The number of nitrogens with two attached hydrogens (primary N) is 1. The van der Waals surface area contributed by atoms with Crippen LogP contribution >= 0.6 is 11.6 Å². The van der Waals surface area contributed by atoms with Gasteiger partial charge in [0.2, 0.25) is 10.0 Å². The van der Waals surface area contributed by atoms with Crippen molar-refractivity contribution < 1.29 is 17.6 Å². The van der Waals surface area contributed by atoms with Crippen LogP contribution in [0, 0.1) is 0 Å². The van der Waals surface area contributed by atoms with E-state index in [1.165, 1.54) is 24.5 Å². The maximum Gasteiger partial charge on any atom is 0.251 e. The second-order valence-electron chi connectivity index (χ2n) is 3.98. The van der Waals surface area contributed by atoms with Crippen molar-refractivity contribution in [1.29, 1.82) is 0 Å². The zero-order chi connectivity index (χ0) is 14.8. The Kier molecular flexibility index (Phi) is 4.12. The third kappa shape index (κ3) is 3.60. The second kappa shape index (κ2) is 5.66. The molecular weight excluding hydrogens is 304 g/mol. The molecule has 0 fully saturated rings. The van der Waals surface area contributed by atoms with Gasteiger partial charge >= 0.3 is 0 Å². The molecule has 1 aromatic heterocycles. The van der Waals surface area contributed by atoms with Crippen molar-refractivity contribution in [2.45, 2.75) is 11.4 Å². The van der Waals surface area contributed by atoms with E-state index in [1.807, 2.05) is 0 Å². The fourth-order valence-corrected chi connectivity index (χ4v) is 2.42. The molecule has 0 saturated carbocycles. The minimum absolute atomic E-state index is 0.105. The number of rotatable bonds is 4. The average molecular weight is 315 g/mol. The molecule has 0 saturated heterocycles. The highest BCUT2D eigenvalue weighted by Crippen LogP contribution is 2.18. The van der Waals surface area contributed by atoms with Gasteiger partial charge in [0, 0.05) is 10.6 Å². The first-order chi connectivity index (χ1) is 9.36. The number of nitrogens with one attached hydrogen (secondary N) is 1. The molecule has 0 spiro atoms. The van der Waals surface area contributed by atoms with Crippen molar-refractivity contribution in [2.75, 3.05) is 0 Å². The molecule has 1 amide bonds. The Bertz CT molecular complexity index is 726. The van der Waals surface area contributed by atoms with E-state index in [0.29, 0.717) is 5.76 Å². The van der Waals surface area contributed by atoms with Crippen molar-refractivity contribution >= 4 is 27.5 Å². The van der Waals surface area contributed by atoms with Gasteiger partial charge < -0.3 is 9.73 Å². The number of carbonyl (C=O) groups is 1. The molecule has 2 rings (SSSR count). The largest absolute Gasteiger partial charge is 0.467 e. The molecule has 0 aliphatic heterocycles. The van der Waals surface area contributed by atoms with Crippen LogP contribution in [0.5, 0.6) is 0 Å². The topological polar surface area (TPSA) is 102 Å². The molecule has 2 aromatic rings. The summed E-state index contributed by atoms with van der Waals surface area (Å²) in [6.07, 6.45) is 1.49. The van der Waals surface area contributed by atoms with Gasteiger partial charge in [0.1, 0.15) is 5.76 Å². The van der Waals surface area contributed by atoms with Crippen LogP contribution < -0.4 is 10.5 Å². The monoisotopic (exact) mass is 314 g/mol. The molecular formula is C12H11ClN2O4S. The Hall–Kier alpha value is -1.83. The number of amides is 1. The smallest absolute Gasteiger partial charge is 0.251 e. The molecule has 8 heteroatoms. The third-order valence-electron chi connectivity index (χ3n) is 2.47. The zero-order valence-corrected chi connectivity index (χ0v) is 11.7. The molecule has 0 bridgehead atoms. The third-order valence-corrected chi connectivity index (χ3v) is 3.58. The summed E-state index contributed by atoms with van der Waals surface area (Å²) in [6.45, 7) is 0.184. The standard InChI is InChI=1S/C12H11ClN2O4S/c13-9-4-8(5-11(6-9)20(14,17)18)12(16)15-7-10-2-1-3-19-10/h1-6H,7H2,(H,15,16)(H2,14,17,18). The van der Waals surface area contributed by atoms with Gasteiger partial charge in [-0.1, -0.05) is 11.6 Å². The minimum Gasteiger partial charge on any atom is -0.467 e. The van der Waals surface area contributed by atoms with Crippen LogP contribution in [0.2, 0.25) is 5.02 Å². The van der Waals surface area contributed by atoms with Crippen LogP contribution in [0.4, 0.5) is 0 Å². The van der Waals surface area contributed by atoms with Gasteiger partial charge in [0.15, 0.2) is 0 Å². The number of furan rings is 1. The Balaban J connectivity index is 2.19. The number of primary sulfonamides is 1. The van der Waals surface area contributed by atoms with Gasteiger partial charge in [0.25, 0.3) is 5.91 Å². The molecule has 0 atom stereocenters. The molecule has 3 N–H and O–H groups in total. The number of sulfonamides is 1. The quantitative estimate of drug-likeness (QED) is 0.892. The predicted molar refractivity (Wildman–Crippen MR) is 72.7 cm³/mol. The average Bonchev–Trinajstić information content (AvgIpc) is 2.87. The molecule has 0 radical (unpaired) electrons. The first-order valence-electron chi connectivity index (χ1n) is 5.50. The predicted octanol–water partition coefficient (Wildman–Crippen LogP) is 1.51. The molecule has 1 heterocycles. The molecule has 0 unspecified atom stereocenters. The summed E-state index contributed by atoms with van der Waals surface area (Å²) in [7, 11) is -3.92. The maximum absolute atomic E-state index is 11.9. The molecule has 20 heavy (non-hydrogen) atoms. The lowest BCUT2D eigenvalue weighted by Crippen LogP contribution is -2.23. The van der Waals surface area contributed by atoms with E-state index in [4.69, 9.17) is 21.2 Å². The highest BCUT2D eigenvalue weighted by Gasteiger charge is 2.14. The summed E-state index contributed by atoms with van der Waals surface area (Å²) in [6, 6.07) is 7.10. The van der Waals surface area contributed by atoms with Crippen LogP contribution in [-0.4, -0.2) is 14.3 Å². The molecule has 1 aromatic carbocycles. The van der Waals surface area contributed by atoms with Gasteiger partial charge in [-0.15, -0.1) is 0 Å². The summed E-state index contributed by atoms with van der Waals surface area (Å²) in [5.74, 6) is 0.0980. The fourth-order valence-electron chi connectivity index (χ4n) is 1.54. The molecule has 0 aliphatic carbocycles. The summed E-state index contributed by atoms with van der Waals surface area (Å²) in [4.78, 5) is 11.7. The Morgan fingerprint density at radius 1 is 1.35 bits per heavy atom. The number of carbonyl (C=O) groups excluding carboxylic acids is 1. The summed E-state index contributed by atoms with van der Waals surface area (Å²) < 4.78 is 27.6. The van der Waals surface area contributed by atoms with E-state index in [2.05, 4.69) is 5.32 Å². The number of hydrogen-bond acceptors (Lipinski definition) is 4. The molecule has 106 valence electrons. The van der Waals surface area contributed by atoms with E-state index in [-0.39, 0.29) is 22.0 Å². The van der Waals surface area contributed by atoms with Crippen molar-refractivity contribution in [1.82, 2.24) is 5.32 Å². The number of halogens is 1. The van der Waals surface area contributed by atoms with Gasteiger partial charge in [0.05, 0.1) is 17.7 Å². The lowest BCUT2D eigenvalue weighted by Gasteiger charge is -2.06. The highest BCUT2D eigenvalue weighted by molar-refractivity contribution is 7.89. The Labute approximate surface area is 120 Å². The van der Waals surface area contributed by atoms with Gasteiger partial charge in [-0.05, 0) is 30.3 Å². The van der Waals surface area contributed by atoms with Crippen LogP contribution in [0.3, 0.4) is 0 Å². The van der Waals surface area contributed by atoms with E-state index in [0.717, 1.165) is 0 Å². The van der Waals surface area contributed by atoms with Crippen LogP contribution in [0.1, 0.15) is 16.1 Å². The van der Waals surface area contributed by atoms with Crippen molar-refractivity contribution in [3.63, 3.8) is 0 Å². The summed E-state index contributed by atoms with van der Waals surface area (Å²) >= 11 is 5.78. The van der Waals surface area contributed by atoms with Gasteiger partial charge in [-0.2, -0.15) is 0 Å². The van der Waals surface area contributed by atoms with Crippen LogP contribution in [0.25, 0.3) is 0 Å².